The first kappa shape index (κ1) is 12.2. The third-order valence-electron chi connectivity index (χ3n) is 3.63. The van der Waals surface area contributed by atoms with Gasteiger partial charge in [0.2, 0.25) is 0 Å². The molecule has 1 aromatic carbocycles. The SMILES string of the molecule is Cc1ccc(NCC2CCC(=O)CC2)c(C)c1. The lowest BCUT2D eigenvalue weighted by atomic mass is 9.88. The summed E-state index contributed by atoms with van der Waals surface area (Å²) in [6.45, 7) is 5.25. The summed E-state index contributed by atoms with van der Waals surface area (Å²) in [6, 6.07) is 6.49. The topological polar surface area (TPSA) is 29.1 Å². The number of rotatable bonds is 3. The summed E-state index contributed by atoms with van der Waals surface area (Å²) in [5, 5.41) is 3.51. The van der Waals surface area contributed by atoms with Crippen LogP contribution in [0.3, 0.4) is 0 Å². The van der Waals surface area contributed by atoms with Crippen LogP contribution >= 0.6 is 0 Å². The zero-order valence-corrected chi connectivity index (χ0v) is 10.8. The average molecular weight is 231 g/mol. The maximum absolute atomic E-state index is 11.2. The molecule has 17 heavy (non-hydrogen) atoms. The van der Waals surface area contributed by atoms with Crippen molar-refractivity contribution in [3.05, 3.63) is 29.3 Å². The third kappa shape index (κ3) is 3.32. The van der Waals surface area contributed by atoms with Crippen molar-refractivity contribution in [2.45, 2.75) is 39.5 Å². The van der Waals surface area contributed by atoms with Crippen LogP contribution < -0.4 is 5.32 Å². The van der Waals surface area contributed by atoms with Crippen LogP contribution in [0.25, 0.3) is 0 Å². The number of benzene rings is 1. The van der Waals surface area contributed by atoms with E-state index >= 15 is 0 Å². The Morgan fingerprint density at radius 2 is 1.94 bits per heavy atom. The van der Waals surface area contributed by atoms with Gasteiger partial charge in [0, 0.05) is 25.1 Å². The second kappa shape index (κ2) is 5.35. The van der Waals surface area contributed by atoms with E-state index in [9.17, 15) is 4.79 Å². The fourth-order valence-electron chi connectivity index (χ4n) is 2.47. The Balaban J connectivity index is 1.87. The lowest BCUT2D eigenvalue weighted by Crippen LogP contribution is -2.21. The molecule has 0 unspecified atom stereocenters. The van der Waals surface area contributed by atoms with E-state index in [1.165, 1.54) is 16.8 Å². The number of ketones is 1. The van der Waals surface area contributed by atoms with Crippen LogP contribution in [0.5, 0.6) is 0 Å². The number of aryl methyl sites for hydroxylation is 2. The molecule has 0 radical (unpaired) electrons. The fourth-order valence-corrected chi connectivity index (χ4v) is 2.47. The monoisotopic (exact) mass is 231 g/mol. The highest BCUT2D eigenvalue weighted by atomic mass is 16.1. The first-order valence-electron chi connectivity index (χ1n) is 6.48. The van der Waals surface area contributed by atoms with E-state index in [0.717, 1.165) is 32.2 Å². The molecule has 2 nitrogen and oxygen atoms in total. The predicted molar refractivity (Wildman–Crippen MR) is 71.4 cm³/mol. The zero-order valence-electron chi connectivity index (χ0n) is 10.8. The molecule has 0 bridgehead atoms. The predicted octanol–water partition coefficient (Wildman–Crippen LogP) is 3.47. The lowest BCUT2D eigenvalue weighted by molar-refractivity contribution is -0.120. The number of hydrogen-bond donors (Lipinski definition) is 1. The van der Waals surface area contributed by atoms with Crippen LogP contribution in [0.15, 0.2) is 18.2 Å². The zero-order chi connectivity index (χ0) is 12.3. The van der Waals surface area contributed by atoms with Gasteiger partial charge in [-0.2, -0.15) is 0 Å². The smallest absolute Gasteiger partial charge is 0.132 e. The van der Waals surface area contributed by atoms with Gasteiger partial charge in [0.05, 0.1) is 0 Å². The Morgan fingerprint density at radius 3 is 2.59 bits per heavy atom. The molecule has 1 saturated carbocycles. The number of carbonyl (C=O) groups is 1. The average Bonchev–Trinajstić information content (AvgIpc) is 2.30. The highest BCUT2D eigenvalue weighted by Gasteiger charge is 2.18. The van der Waals surface area contributed by atoms with Gasteiger partial charge in [-0.05, 0) is 44.2 Å². The van der Waals surface area contributed by atoms with Crippen LogP contribution in [0.4, 0.5) is 5.69 Å². The van der Waals surface area contributed by atoms with E-state index in [-0.39, 0.29) is 0 Å². The van der Waals surface area contributed by atoms with Crippen LogP contribution in [0.2, 0.25) is 0 Å². The van der Waals surface area contributed by atoms with Crippen LogP contribution in [-0.2, 0) is 4.79 Å². The van der Waals surface area contributed by atoms with E-state index in [0.29, 0.717) is 11.7 Å². The number of nitrogens with one attached hydrogen (secondary N) is 1. The highest BCUT2D eigenvalue weighted by Crippen LogP contribution is 2.23. The van der Waals surface area contributed by atoms with Gasteiger partial charge in [-0.15, -0.1) is 0 Å². The Bertz CT molecular complexity index is 401. The summed E-state index contributed by atoms with van der Waals surface area (Å²) < 4.78 is 0. The van der Waals surface area contributed by atoms with Crippen LogP contribution in [-0.4, -0.2) is 12.3 Å². The minimum Gasteiger partial charge on any atom is -0.385 e. The van der Waals surface area contributed by atoms with E-state index in [2.05, 4.69) is 37.4 Å². The summed E-state index contributed by atoms with van der Waals surface area (Å²) in [6.07, 6.45) is 3.66. The maximum Gasteiger partial charge on any atom is 0.132 e. The summed E-state index contributed by atoms with van der Waals surface area (Å²) >= 11 is 0. The molecule has 1 N–H and O–H groups in total. The normalized spacial score (nSPS) is 17.2. The van der Waals surface area contributed by atoms with Gasteiger partial charge < -0.3 is 5.32 Å². The molecular formula is C15H21NO. The number of Topliss-reactive ketones (excluding diaryl/α,β-unsaturated/α-hetero) is 1. The Morgan fingerprint density at radius 1 is 1.24 bits per heavy atom. The molecule has 0 aliphatic heterocycles. The van der Waals surface area contributed by atoms with Gasteiger partial charge in [-0.1, -0.05) is 17.7 Å². The molecule has 92 valence electrons. The first-order chi connectivity index (χ1) is 8.15. The molecule has 2 heteroatoms. The summed E-state index contributed by atoms with van der Waals surface area (Å²) in [5.41, 5.74) is 3.83. The maximum atomic E-state index is 11.2. The fraction of sp³-hybridized carbons (Fsp3) is 0.533. The number of carbonyl (C=O) groups excluding carboxylic acids is 1. The van der Waals surface area contributed by atoms with E-state index in [4.69, 9.17) is 0 Å². The molecule has 1 aromatic rings. The summed E-state index contributed by atoms with van der Waals surface area (Å²) in [5.74, 6) is 1.10. The largest absolute Gasteiger partial charge is 0.385 e. The van der Waals surface area contributed by atoms with Crippen LogP contribution in [0, 0.1) is 19.8 Å². The van der Waals surface area contributed by atoms with Crippen molar-refractivity contribution in [1.29, 1.82) is 0 Å². The standard InChI is InChI=1S/C15H21NO/c1-11-3-8-15(12(2)9-11)16-10-13-4-6-14(17)7-5-13/h3,8-9,13,16H,4-7,10H2,1-2H3. The van der Waals surface area contributed by atoms with Crippen molar-refractivity contribution in [3.8, 4) is 0 Å². The van der Waals surface area contributed by atoms with Gasteiger partial charge >= 0.3 is 0 Å². The molecule has 0 amide bonds. The Hall–Kier alpha value is -1.31. The number of hydrogen-bond acceptors (Lipinski definition) is 2. The quantitative estimate of drug-likeness (QED) is 0.863. The second-order valence-corrected chi connectivity index (χ2v) is 5.18. The summed E-state index contributed by atoms with van der Waals surface area (Å²) in [7, 11) is 0. The highest BCUT2D eigenvalue weighted by molar-refractivity contribution is 5.79. The second-order valence-electron chi connectivity index (χ2n) is 5.18. The molecular weight excluding hydrogens is 210 g/mol. The van der Waals surface area contributed by atoms with Gasteiger partial charge in [-0.3, -0.25) is 4.79 Å². The van der Waals surface area contributed by atoms with Crippen molar-refractivity contribution < 1.29 is 4.79 Å². The van der Waals surface area contributed by atoms with E-state index in [1.54, 1.807) is 0 Å². The van der Waals surface area contributed by atoms with Crippen molar-refractivity contribution in [2.75, 3.05) is 11.9 Å². The molecule has 1 aliphatic carbocycles. The molecule has 2 rings (SSSR count). The molecule has 0 atom stereocenters. The lowest BCUT2D eigenvalue weighted by Gasteiger charge is -2.22. The van der Waals surface area contributed by atoms with Crippen LogP contribution in [0.1, 0.15) is 36.8 Å². The molecule has 0 heterocycles. The van der Waals surface area contributed by atoms with E-state index in [1.807, 2.05) is 0 Å². The van der Waals surface area contributed by atoms with Gasteiger partial charge in [0.15, 0.2) is 0 Å². The molecule has 0 saturated heterocycles. The molecule has 0 spiro atoms. The van der Waals surface area contributed by atoms with Crippen molar-refractivity contribution in [3.63, 3.8) is 0 Å². The minimum absolute atomic E-state index is 0.438. The Kier molecular flexibility index (Phi) is 3.82. The first-order valence-corrected chi connectivity index (χ1v) is 6.48. The van der Waals surface area contributed by atoms with Crippen molar-refractivity contribution in [2.24, 2.45) is 5.92 Å². The molecule has 1 fully saturated rings. The van der Waals surface area contributed by atoms with Gasteiger partial charge in [-0.25, -0.2) is 0 Å². The molecule has 0 aromatic heterocycles. The van der Waals surface area contributed by atoms with Gasteiger partial charge in [0.1, 0.15) is 5.78 Å². The molecule has 1 aliphatic rings. The van der Waals surface area contributed by atoms with Crippen molar-refractivity contribution >= 4 is 11.5 Å². The third-order valence-corrected chi connectivity index (χ3v) is 3.63. The summed E-state index contributed by atoms with van der Waals surface area (Å²) in [4.78, 5) is 11.2. The van der Waals surface area contributed by atoms with Crippen molar-refractivity contribution in [1.82, 2.24) is 0 Å². The number of anilines is 1. The Labute approximate surface area is 103 Å². The van der Waals surface area contributed by atoms with E-state index < -0.39 is 0 Å². The van der Waals surface area contributed by atoms with Gasteiger partial charge in [0.25, 0.3) is 0 Å². The minimum atomic E-state index is 0.438.